The van der Waals surface area contributed by atoms with Crippen LogP contribution in [-0.2, 0) is 0 Å². The molecule has 1 amide bonds. The van der Waals surface area contributed by atoms with Crippen molar-refractivity contribution >= 4 is 33.5 Å². The van der Waals surface area contributed by atoms with Crippen LogP contribution in [0.15, 0.2) is 40.9 Å². The van der Waals surface area contributed by atoms with E-state index < -0.39 is 17.7 Å². The van der Waals surface area contributed by atoms with E-state index in [0.717, 1.165) is 11.6 Å². The number of amides is 1. The maximum Gasteiger partial charge on any atom is 0.337 e. The summed E-state index contributed by atoms with van der Waals surface area (Å²) in [6, 6.07) is 8.40. The number of halogens is 2. The minimum absolute atomic E-state index is 0.0150. The predicted octanol–water partition coefficient (Wildman–Crippen LogP) is 3.85. The third kappa shape index (κ3) is 3.66. The summed E-state index contributed by atoms with van der Waals surface area (Å²) in [5, 5.41) is 11.6. The van der Waals surface area contributed by atoms with Crippen LogP contribution in [0.4, 0.5) is 10.1 Å². The normalized spacial score (nSPS) is 10.2. The lowest BCUT2D eigenvalue weighted by molar-refractivity contribution is 0.0698. The lowest BCUT2D eigenvalue weighted by Gasteiger charge is -2.09. The van der Waals surface area contributed by atoms with E-state index in [1.807, 2.05) is 0 Å². The van der Waals surface area contributed by atoms with Gasteiger partial charge in [-0.2, -0.15) is 0 Å². The van der Waals surface area contributed by atoms with Crippen LogP contribution in [0.2, 0.25) is 0 Å². The summed E-state index contributed by atoms with van der Waals surface area (Å²) in [6.45, 7) is 1.75. The molecular formula is C15H11BrFNO3. The fourth-order valence-electron chi connectivity index (χ4n) is 1.82. The van der Waals surface area contributed by atoms with Crippen LogP contribution >= 0.6 is 15.9 Å². The second kappa shape index (κ2) is 6.05. The molecule has 2 N–H and O–H groups in total. The van der Waals surface area contributed by atoms with Crippen molar-refractivity contribution in [3.63, 3.8) is 0 Å². The third-order valence-corrected chi connectivity index (χ3v) is 3.24. The number of carboxylic acids is 1. The highest BCUT2D eigenvalue weighted by molar-refractivity contribution is 9.10. The Labute approximate surface area is 128 Å². The molecule has 0 saturated carbocycles. The van der Waals surface area contributed by atoms with Gasteiger partial charge in [0.2, 0.25) is 0 Å². The Morgan fingerprint density at radius 3 is 2.52 bits per heavy atom. The number of aryl methyl sites for hydroxylation is 1. The molecule has 0 aromatic heterocycles. The van der Waals surface area contributed by atoms with E-state index in [1.165, 1.54) is 24.3 Å². The van der Waals surface area contributed by atoms with Crippen molar-refractivity contribution < 1.29 is 19.1 Å². The molecule has 21 heavy (non-hydrogen) atoms. The lowest BCUT2D eigenvalue weighted by Crippen LogP contribution is -2.15. The zero-order valence-electron chi connectivity index (χ0n) is 11.0. The summed E-state index contributed by atoms with van der Waals surface area (Å²) in [5.41, 5.74) is 1.01. The molecule has 2 aromatic rings. The standard InChI is InChI=1S/C15H11BrFNO3/c1-8-2-3-13(12(4-8)15(20)21)18-14(19)9-5-10(16)7-11(17)6-9/h2-7H,1H3,(H,18,19)(H,20,21). The van der Waals surface area contributed by atoms with Crippen LogP contribution in [0.3, 0.4) is 0 Å². The lowest BCUT2D eigenvalue weighted by atomic mass is 10.1. The van der Waals surface area contributed by atoms with Crippen LogP contribution in [0.1, 0.15) is 26.3 Å². The molecule has 0 aliphatic rings. The number of carbonyl (C=O) groups excluding carboxylic acids is 1. The first-order valence-electron chi connectivity index (χ1n) is 5.98. The SMILES string of the molecule is Cc1ccc(NC(=O)c2cc(F)cc(Br)c2)c(C(=O)O)c1. The number of carbonyl (C=O) groups is 2. The number of carboxylic acid groups (broad SMARTS) is 1. The molecule has 0 aliphatic carbocycles. The van der Waals surface area contributed by atoms with Gasteiger partial charge < -0.3 is 10.4 Å². The van der Waals surface area contributed by atoms with Gasteiger partial charge in [-0.3, -0.25) is 4.79 Å². The van der Waals surface area contributed by atoms with Crippen molar-refractivity contribution in [2.45, 2.75) is 6.92 Å². The zero-order valence-corrected chi connectivity index (χ0v) is 12.6. The van der Waals surface area contributed by atoms with Crippen LogP contribution in [0.25, 0.3) is 0 Å². The highest BCUT2D eigenvalue weighted by atomic mass is 79.9. The number of rotatable bonds is 3. The average Bonchev–Trinajstić information content (AvgIpc) is 2.39. The number of hydrogen-bond donors (Lipinski definition) is 2. The van der Waals surface area contributed by atoms with Crippen molar-refractivity contribution in [2.24, 2.45) is 0 Å². The van der Waals surface area contributed by atoms with Gasteiger partial charge in [0.25, 0.3) is 5.91 Å². The average molecular weight is 352 g/mol. The van der Waals surface area contributed by atoms with Gasteiger partial charge in [-0.05, 0) is 37.3 Å². The molecule has 0 fully saturated rings. The van der Waals surface area contributed by atoms with Gasteiger partial charge in [-0.15, -0.1) is 0 Å². The largest absolute Gasteiger partial charge is 0.478 e. The second-order valence-corrected chi connectivity index (χ2v) is 5.38. The maximum atomic E-state index is 13.3. The Bertz CT molecular complexity index is 711. The minimum Gasteiger partial charge on any atom is -0.478 e. The molecule has 4 nitrogen and oxygen atoms in total. The molecule has 6 heteroatoms. The van der Waals surface area contributed by atoms with E-state index >= 15 is 0 Å². The summed E-state index contributed by atoms with van der Waals surface area (Å²) in [5.74, 6) is -2.28. The Kier molecular flexibility index (Phi) is 4.37. The van der Waals surface area contributed by atoms with Gasteiger partial charge in [0.05, 0.1) is 11.3 Å². The third-order valence-electron chi connectivity index (χ3n) is 2.78. The fraction of sp³-hybridized carbons (Fsp3) is 0.0667. The molecule has 0 atom stereocenters. The summed E-state index contributed by atoms with van der Waals surface area (Å²) >= 11 is 3.10. The van der Waals surface area contributed by atoms with Gasteiger partial charge in [0.1, 0.15) is 5.82 Å². The Morgan fingerprint density at radius 1 is 1.19 bits per heavy atom. The molecule has 0 bridgehead atoms. The highest BCUT2D eigenvalue weighted by Crippen LogP contribution is 2.20. The number of hydrogen-bond acceptors (Lipinski definition) is 2. The van der Waals surface area contributed by atoms with Crippen LogP contribution in [0.5, 0.6) is 0 Å². The van der Waals surface area contributed by atoms with Crippen molar-refractivity contribution in [1.82, 2.24) is 0 Å². The Hall–Kier alpha value is -2.21. The van der Waals surface area contributed by atoms with Gasteiger partial charge >= 0.3 is 5.97 Å². The monoisotopic (exact) mass is 351 g/mol. The molecule has 0 spiro atoms. The molecule has 0 radical (unpaired) electrons. The summed E-state index contributed by atoms with van der Waals surface area (Å²) < 4.78 is 13.7. The fourth-order valence-corrected chi connectivity index (χ4v) is 2.29. The van der Waals surface area contributed by atoms with Crippen LogP contribution < -0.4 is 5.32 Å². The van der Waals surface area contributed by atoms with Gasteiger partial charge in [-0.25, -0.2) is 9.18 Å². The summed E-state index contributed by atoms with van der Waals surface area (Å²) in [4.78, 5) is 23.3. The number of aromatic carboxylic acids is 1. The van der Waals surface area contributed by atoms with Crippen LogP contribution in [-0.4, -0.2) is 17.0 Å². The number of benzene rings is 2. The van der Waals surface area contributed by atoms with Crippen molar-refractivity contribution in [3.05, 3.63) is 63.4 Å². The first-order valence-corrected chi connectivity index (χ1v) is 6.77. The van der Waals surface area contributed by atoms with Crippen molar-refractivity contribution in [1.29, 1.82) is 0 Å². The van der Waals surface area contributed by atoms with E-state index in [-0.39, 0.29) is 16.8 Å². The van der Waals surface area contributed by atoms with Gasteiger partial charge in [-0.1, -0.05) is 27.6 Å². The topological polar surface area (TPSA) is 66.4 Å². The molecule has 0 aliphatic heterocycles. The zero-order chi connectivity index (χ0) is 15.6. The van der Waals surface area contributed by atoms with E-state index in [1.54, 1.807) is 13.0 Å². The molecule has 2 aromatic carbocycles. The van der Waals surface area contributed by atoms with E-state index in [4.69, 9.17) is 5.11 Å². The van der Waals surface area contributed by atoms with Crippen LogP contribution in [0, 0.1) is 12.7 Å². The first kappa shape index (κ1) is 15.2. The first-order chi connectivity index (χ1) is 9.86. The Morgan fingerprint density at radius 2 is 1.90 bits per heavy atom. The molecule has 0 unspecified atom stereocenters. The minimum atomic E-state index is -1.14. The van der Waals surface area contributed by atoms with Crippen molar-refractivity contribution in [3.8, 4) is 0 Å². The molecule has 108 valence electrons. The molecule has 0 saturated heterocycles. The predicted molar refractivity (Wildman–Crippen MR) is 80.2 cm³/mol. The van der Waals surface area contributed by atoms with Gasteiger partial charge in [0.15, 0.2) is 0 Å². The van der Waals surface area contributed by atoms with E-state index in [2.05, 4.69) is 21.2 Å². The number of nitrogens with one attached hydrogen (secondary N) is 1. The van der Waals surface area contributed by atoms with E-state index in [0.29, 0.717) is 4.47 Å². The van der Waals surface area contributed by atoms with Gasteiger partial charge in [0, 0.05) is 10.0 Å². The summed E-state index contributed by atoms with van der Waals surface area (Å²) in [6.07, 6.45) is 0. The molecule has 2 rings (SSSR count). The quantitative estimate of drug-likeness (QED) is 0.882. The molecular weight excluding hydrogens is 341 g/mol. The number of anilines is 1. The Balaban J connectivity index is 2.33. The maximum absolute atomic E-state index is 13.3. The van der Waals surface area contributed by atoms with Crippen molar-refractivity contribution in [2.75, 3.05) is 5.32 Å². The summed E-state index contributed by atoms with van der Waals surface area (Å²) in [7, 11) is 0. The highest BCUT2D eigenvalue weighted by Gasteiger charge is 2.14. The smallest absolute Gasteiger partial charge is 0.337 e. The second-order valence-electron chi connectivity index (χ2n) is 4.47. The molecule has 0 heterocycles. The van der Waals surface area contributed by atoms with E-state index in [9.17, 15) is 14.0 Å².